The second-order valence-corrected chi connectivity index (χ2v) is 5.43. The summed E-state index contributed by atoms with van der Waals surface area (Å²) in [5.41, 5.74) is 2.85. The Bertz CT molecular complexity index is 652. The number of hydrogen-bond donors (Lipinski definition) is 2. The molecule has 1 aromatic carbocycles. The molecule has 0 spiro atoms. The molecule has 0 amide bonds. The van der Waals surface area contributed by atoms with Crippen molar-refractivity contribution in [3.63, 3.8) is 0 Å². The van der Waals surface area contributed by atoms with Crippen molar-refractivity contribution < 1.29 is 5.11 Å². The van der Waals surface area contributed by atoms with E-state index >= 15 is 0 Å². The third kappa shape index (κ3) is 4.55. The van der Waals surface area contributed by atoms with Crippen molar-refractivity contribution in [2.75, 3.05) is 11.9 Å². The molecule has 0 aliphatic carbocycles. The Morgan fingerprint density at radius 3 is 2.81 bits per heavy atom. The largest absolute Gasteiger partial charge is 0.396 e. The van der Waals surface area contributed by atoms with Gasteiger partial charge in [0.25, 0.3) is 0 Å². The maximum atomic E-state index is 8.99. The third-order valence-electron chi connectivity index (χ3n) is 3.11. The summed E-state index contributed by atoms with van der Waals surface area (Å²) in [6.07, 6.45) is 1.45. The van der Waals surface area contributed by atoms with Gasteiger partial charge in [-0.2, -0.15) is 5.26 Å². The van der Waals surface area contributed by atoms with Gasteiger partial charge in [0.05, 0.1) is 11.6 Å². The molecule has 21 heavy (non-hydrogen) atoms. The number of aliphatic hydroxyl groups is 1. The van der Waals surface area contributed by atoms with E-state index in [-0.39, 0.29) is 6.61 Å². The van der Waals surface area contributed by atoms with Crippen LogP contribution in [0.3, 0.4) is 0 Å². The van der Waals surface area contributed by atoms with Crippen molar-refractivity contribution in [1.29, 1.82) is 5.26 Å². The first kappa shape index (κ1) is 15.5. The molecule has 0 saturated heterocycles. The van der Waals surface area contributed by atoms with Crippen molar-refractivity contribution in [1.82, 2.24) is 4.98 Å². The number of benzene rings is 1. The fourth-order valence-electron chi connectivity index (χ4n) is 2.06. The van der Waals surface area contributed by atoms with E-state index in [4.69, 9.17) is 10.4 Å². The van der Waals surface area contributed by atoms with Crippen LogP contribution in [0.25, 0.3) is 0 Å². The lowest BCUT2D eigenvalue weighted by Crippen LogP contribution is -2.05. The van der Waals surface area contributed by atoms with Gasteiger partial charge in [0, 0.05) is 13.2 Å². The van der Waals surface area contributed by atoms with Crippen LogP contribution in [-0.4, -0.2) is 16.7 Å². The Balaban J connectivity index is 2.13. The highest BCUT2D eigenvalue weighted by Gasteiger charge is 2.05. The van der Waals surface area contributed by atoms with Gasteiger partial charge in [-0.3, -0.25) is 0 Å². The van der Waals surface area contributed by atoms with E-state index in [0.29, 0.717) is 18.5 Å². The Kier molecular flexibility index (Phi) is 5.73. The van der Waals surface area contributed by atoms with Gasteiger partial charge in [-0.1, -0.05) is 12.1 Å². The maximum absolute atomic E-state index is 8.99. The molecule has 2 N–H and O–H groups in total. The van der Waals surface area contributed by atoms with Crippen LogP contribution >= 0.6 is 15.9 Å². The molecular weight excluding hydrogens is 330 g/mol. The summed E-state index contributed by atoms with van der Waals surface area (Å²) < 4.78 is 0.785. The number of nitrogens with one attached hydrogen (secondary N) is 1. The number of aryl methyl sites for hydroxylation is 1. The van der Waals surface area contributed by atoms with E-state index in [2.05, 4.69) is 32.3 Å². The van der Waals surface area contributed by atoms with E-state index in [0.717, 1.165) is 28.0 Å². The second-order valence-electron chi connectivity index (χ2n) is 4.62. The monoisotopic (exact) mass is 345 g/mol. The number of halogens is 1. The molecule has 1 aromatic heterocycles. The molecule has 0 aliphatic rings. The smallest absolute Gasteiger partial charge is 0.127 e. The third-order valence-corrected chi connectivity index (χ3v) is 3.56. The molecule has 2 aromatic rings. The number of aromatic nitrogens is 1. The van der Waals surface area contributed by atoms with Crippen LogP contribution in [0.1, 0.15) is 23.1 Å². The van der Waals surface area contributed by atoms with Crippen LogP contribution in [0, 0.1) is 11.3 Å². The average Bonchev–Trinajstić information content (AvgIpc) is 2.51. The molecule has 108 valence electrons. The molecule has 0 bridgehead atoms. The molecule has 0 fully saturated rings. The predicted molar refractivity (Wildman–Crippen MR) is 85.8 cm³/mol. The number of aliphatic hydroxyl groups excluding tert-OH is 1. The van der Waals surface area contributed by atoms with E-state index in [1.54, 1.807) is 0 Å². The summed E-state index contributed by atoms with van der Waals surface area (Å²) in [6.45, 7) is 0.784. The Labute approximate surface area is 132 Å². The summed E-state index contributed by atoms with van der Waals surface area (Å²) in [7, 11) is 0. The van der Waals surface area contributed by atoms with E-state index in [9.17, 15) is 0 Å². The zero-order chi connectivity index (χ0) is 15.1. The van der Waals surface area contributed by atoms with E-state index < -0.39 is 0 Å². The average molecular weight is 346 g/mol. The van der Waals surface area contributed by atoms with E-state index in [1.807, 2.05) is 36.4 Å². The summed E-state index contributed by atoms with van der Waals surface area (Å²) in [4.78, 5) is 4.33. The summed E-state index contributed by atoms with van der Waals surface area (Å²) in [6, 6.07) is 13.5. The molecule has 0 unspecified atom stereocenters. The molecule has 0 radical (unpaired) electrons. The fourth-order valence-corrected chi connectivity index (χ4v) is 2.41. The van der Waals surface area contributed by atoms with Gasteiger partial charge in [-0.25, -0.2) is 4.98 Å². The fraction of sp³-hybridized carbons (Fsp3) is 0.250. The first-order chi connectivity index (χ1) is 10.2. The normalized spacial score (nSPS) is 10.1. The Morgan fingerprint density at radius 2 is 2.10 bits per heavy atom. The molecule has 2 rings (SSSR count). The van der Waals surface area contributed by atoms with Crippen molar-refractivity contribution in [3.05, 3.63) is 57.7 Å². The second kappa shape index (κ2) is 7.77. The van der Waals surface area contributed by atoms with Crippen molar-refractivity contribution in [2.45, 2.75) is 19.4 Å². The van der Waals surface area contributed by atoms with Gasteiger partial charge >= 0.3 is 0 Å². The highest BCUT2D eigenvalue weighted by molar-refractivity contribution is 9.10. The lowest BCUT2D eigenvalue weighted by Gasteiger charge is -2.11. The minimum absolute atomic E-state index is 0.150. The topological polar surface area (TPSA) is 68.9 Å². The van der Waals surface area contributed by atoms with Crippen LogP contribution in [0.4, 0.5) is 5.82 Å². The number of pyridine rings is 1. The molecule has 4 nitrogen and oxygen atoms in total. The summed E-state index contributed by atoms with van der Waals surface area (Å²) in [5, 5.41) is 21.2. The van der Waals surface area contributed by atoms with E-state index in [1.165, 1.54) is 0 Å². The molecule has 0 saturated carbocycles. The SMILES string of the molecule is N#Cc1ccc(CNc2cccc(Br)n2)c(CCCO)c1. The van der Waals surface area contributed by atoms with Gasteiger partial charge in [-0.05, 0) is 64.2 Å². The highest BCUT2D eigenvalue weighted by Crippen LogP contribution is 2.16. The minimum atomic E-state index is 0.150. The molecule has 1 heterocycles. The first-order valence-corrected chi connectivity index (χ1v) is 7.51. The van der Waals surface area contributed by atoms with Gasteiger partial charge in [0.1, 0.15) is 10.4 Å². The molecule has 0 aliphatic heterocycles. The first-order valence-electron chi connectivity index (χ1n) is 6.72. The van der Waals surface area contributed by atoms with Crippen molar-refractivity contribution in [2.24, 2.45) is 0 Å². The quantitative estimate of drug-likeness (QED) is 0.788. The standard InChI is InChI=1S/C16H16BrN3O/c17-15-4-1-5-16(20-15)19-11-14-7-6-12(10-18)9-13(14)3-2-8-21/h1,4-7,9,21H,2-3,8,11H2,(H,19,20). The zero-order valence-electron chi connectivity index (χ0n) is 11.5. The summed E-state index contributed by atoms with van der Waals surface area (Å²) >= 11 is 3.34. The minimum Gasteiger partial charge on any atom is -0.396 e. The van der Waals surface area contributed by atoms with Crippen molar-refractivity contribution in [3.8, 4) is 6.07 Å². The Hall–Kier alpha value is -1.90. The number of nitriles is 1. The van der Waals surface area contributed by atoms with Crippen LogP contribution in [0.15, 0.2) is 41.0 Å². The van der Waals surface area contributed by atoms with Crippen LogP contribution < -0.4 is 5.32 Å². The molecule has 0 atom stereocenters. The summed E-state index contributed by atoms with van der Waals surface area (Å²) in [5.74, 6) is 0.793. The lowest BCUT2D eigenvalue weighted by atomic mass is 10.00. The number of rotatable bonds is 6. The van der Waals surface area contributed by atoms with Crippen LogP contribution in [0.5, 0.6) is 0 Å². The Morgan fingerprint density at radius 1 is 1.24 bits per heavy atom. The van der Waals surface area contributed by atoms with Gasteiger partial charge in [0.15, 0.2) is 0 Å². The van der Waals surface area contributed by atoms with Gasteiger partial charge in [0.2, 0.25) is 0 Å². The number of hydrogen-bond acceptors (Lipinski definition) is 4. The van der Waals surface area contributed by atoms with Crippen LogP contribution in [-0.2, 0) is 13.0 Å². The molecular formula is C16H16BrN3O. The van der Waals surface area contributed by atoms with Crippen molar-refractivity contribution >= 4 is 21.7 Å². The lowest BCUT2D eigenvalue weighted by molar-refractivity contribution is 0.288. The number of nitrogens with zero attached hydrogens (tertiary/aromatic N) is 2. The van der Waals surface area contributed by atoms with Crippen LogP contribution in [0.2, 0.25) is 0 Å². The molecule has 5 heteroatoms. The van der Waals surface area contributed by atoms with Gasteiger partial charge < -0.3 is 10.4 Å². The highest BCUT2D eigenvalue weighted by atomic mass is 79.9. The zero-order valence-corrected chi connectivity index (χ0v) is 13.1. The maximum Gasteiger partial charge on any atom is 0.127 e. The van der Waals surface area contributed by atoms with Gasteiger partial charge in [-0.15, -0.1) is 0 Å². The number of anilines is 1. The predicted octanol–water partition coefficient (Wildman–Crippen LogP) is 3.25.